The quantitative estimate of drug-likeness (QED) is 0.686. The number of H-pyrrole nitrogens is 1. The predicted octanol–water partition coefficient (Wildman–Crippen LogP) is 1.70. The van der Waals surface area contributed by atoms with Gasteiger partial charge in [0.15, 0.2) is 21.5 Å². The maximum absolute atomic E-state index is 11.9. The van der Waals surface area contributed by atoms with Crippen LogP contribution in [0.3, 0.4) is 0 Å². The molecular weight excluding hydrogens is 366 g/mol. The Morgan fingerprint density at radius 1 is 1.30 bits per heavy atom. The van der Waals surface area contributed by atoms with Crippen LogP contribution in [0, 0.1) is 0 Å². The van der Waals surface area contributed by atoms with E-state index in [9.17, 15) is 8.42 Å². The van der Waals surface area contributed by atoms with Gasteiger partial charge < -0.3 is 10.2 Å². The zero-order chi connectivity index (χ0) is 18.6. The second-order valence-electron chi connectivity index (χ2n) is 7.39. The number of anilines is 3. The van der Waals surface area contributed by atoms with E-state index in [2.05, 4.69) is 25.6 Å². The Kier molecular flexibility index (Phi) is 3.64. The van der Waals surface area contributed by atoms with Crippen molar-refractivity contribution in [3.8, 4) is 0 Å². The summed E-state index contributed by atoms with van der Waals surface area (Å²) in [6, 6.07) is 5.86. The van der Waals surface area contributed by atoms with Crippen molar-refractivity contribution in [1.29, 1.82) is 0 Å². The molecule has 0 aromatic carbocycles. The van der Waals surface area contributed by atoms with Crippen LogP contribution in [0.5, 0.6) is 0 Å². The van der Waals surface area contributed by atoms with Gasteiger partial charge in [-0.1, -0.05) is 0 Å². The first kappa shape index (κ1) is 16.5. The average Bonchev–Trinajstić information content (AvgIpc) is 3.06. The number of aromatic amines is 1. The summed E-state index contributed by atoms with van der Waals surface area (Å²) in [6.07, 6.45) is 6.16. The molecule has 1 aliphatic heterocycles. The van der Waals surface area contributed by atoms with Gasteiger partial charge in [0.05, 0.1) is 5.25 Å². The van der Waals surface area contributed by atoms with E-state index in [-0.39, 0.29) is 5.25 Å². The Morgan fingerprint density at radius 3 is 2.89 bits per heavy atom. The summed E-state index contributed by atoms with van der Waals surface area (Å²) < 4.78 is 25.5. The van der Waals surface area contributed by atoms with E-state index in [0.29, 0.717) is 37.2 Å². The molecule has 0 amide bonds. The van der Waals surface area contributed by atoms with Crippen LogP contribution in [0.2, 0.25) is 0 Å². The van der Waals surface area contributed by atoms with Crippen molar-refractivity contribution in [2.24, 2.45) is 0 Å². The fourth-order valence-corrected chi connectivity index (χ4v) is 4.52. The minimum Gasteiger partial charge on any atom is -0.338 e. The monoisotopic (exact) mass is 387 g/mol. The Balaban J connectivity index is 1.46. The van der Waals surface area contributed by atoms with E-state index >= 15 is 0 Å². The van der Waals surface area contributed by atoms with Gasteiger partial charge in [-0.2, -0.15) is 10.1 Å². The number of nitrogens with zero attached hydrogens (tertiary/aromatic N) is 5. The average molecular weight is 387 g/mol. The number of rotatable bonds is 5. The minimum atomic E-state index is -3.07. The number of hydrogen-bond donors (Lipinski definition) is 2. The van der Waals surface area contributed by atoms with Crippen molar-refractivity contribution in [3.63, 3.8) is 0 Å². The van der Waals surface area contributed by atoms with Crippen molar-refractivity contribution >= 4 is 32.9 Å². The molecule has 0 radical (unpaired) electrons. The molecule has 5 rings (SSSR count). The molecule has 3 aromatic heterocycles. The summed E-state index contributed by atoms with van der Waals surface area (Å²) in [5.41, 5.74) is 1.99. The molecule has 0 bridgehead atoms. The van der Waals surface area contributed by atoms with Crippen LogP contribution in [-0.4, -0.2) is 57.8 Å². The second-order valence-corrected chi connectivity index (χ2v) is 9.72. The van der Waals surface area contributed by atoms with Crippen LogP contribution in [0.25, 0.3) is 5.52 Å². The van der Waals surface area contributed by atoms with E-state index in [1.54, 1.807) is 4.52 Å². The third-order valence-corrected chi connectivity index (χ3v) is 6.87. The maximum atomic E-state index is 11.9. The van der Waals surface area contributed by atoms with E-state index in [4.69, 9.17) is 0 Å². The zero-order valence-corrected chi connectivity index (χ0v) is 15.8. The highest BCUT2D eigenvalue weighted by molar-refractivity contribution is 7.91. The van der Waals surface area contributed by atoms with Crippen molar-refractivity contribution in [3.05, 3.63) is 30.1 Å². The number of nitrogens with one attached hydrogen (secondary N) is 2. The minimum absolute atomic E-state index is 0.370. The second kappa shape index (κ2) is 5.95. The molecule has 1 saturated carbocycles. The molecule has 2 N–H and O–H groups in total. The predicted molar refractivity (Wildman–Crippen MR) is 102 cm³/mol. The Morgan fingerprint density at radius 2 is 2.15 bits per heavy atom. The third kappa shape index (κ3) is 3.14. The van der Waals surface area contributed by atoms with Gasteiger partial charge in [-0.25, -0.2) is 12.9 Å². The topological polar surface area (TPSA) is 108 Å². The van der Waals surface area contributed by atoms with Crippen molar-refractivity contribution in [1.82, 2.24) is 24.8 Å². The summed E-state index contributed by atoms with van der Waals surface area (Å²) in [4.78, 5) is 6.60. The van der Waals surface area contributed by atoms with E-state index in [1.807, 2.05) is 29.3 Å². The normalized spacial score (nSPS) is 20.5. The van der Waals surface area contributed by atoms with Crippen molar-refractivity contribution < 1.29 is 8.42 Å². The maximum Gasteiger partial charge on any atom is 0.245 e. The molecule has 4 heterocycles. The van der Waals surface area contributed by atoms with Crippen LogP contribution in [0.4, 0.5) is 17.6 Å². The molecule has 27 heavy (non-hydrogen) atoms. The number of aromatic nitrogens is 5. The lowest BCUT2D eigenvalue weighted by atomic mass is 10.3. The Labute approximate surface area is 156 Å². The van der Waals surface area contributed by atoms with Gasteiger partial charge in [0, 0.05) is 43.2 Å². The van der Waals surface area contributed by atoms with Gasteiger partial charge in [0.1, 0.15) is 5.52 Å². The molecular formula is C17H21N7O2S. The molecule has 1 aliphatic carbocycles. The Bertz CT molecular complexity index is 1100. The highest BCUT2D eigenvalue weighted by Crippen LogP contribution is 2.39. The standard InChI is InChI=1S/C17H21N7O2S/c1-27(25,26)12-6-8-23(10-12)17-19-16(14-3-2-7-24(14)22-17)18-15-9-13(20-21-15)11-4-5-11/h2-3,7,9,11-12H,4-6,8,10H2,1H3,(H2,18,19,20,21,22)/t12-/m0/s1. The largest absolute Gasteiger partial charge is 0.338 e. The Hall–Kier alpha value is -2.62. The van der Waals surface area contributed by atoms with Crippen LogP contribution >= 0.6 is 0 Å². The SMILES string of the molecule is CS(=O)(=O)[C@H]1CCN(c2nc(Nc3cc(C4CC4)[nH]n3)c3cccn3n2)C1. The van der Waals surface area contributed by atoms with E-state index in [1.165, 1.54) is 19.1 Å². The summed E-state index contributed by atoms with van der Waals surface area (Å²) >= 11 is 0. The first-order chi connectivity index (χ1) is 13.0. The molecule has 142 valence electrons. The summed E-state index contributed by atoms with van der Waals surface area (Å²) in [7, 11) is -3.07. The van der Waals surface area contributed by atoms with E-state index in [0.717, 1.165) is 17.0 Å². The lowest BCUT2D eigenvalue weighted by molar-refractivity contribution is 0.589. The zero-order valence-electron chi connectivity index (χ0n) is 15.0. The lowest BCUT2D eigenvalue weighted by Gasteiger charge is -2.17. The molecule has 0 unspecified atom stereocenters. The fourth-order valence-electron chi connectivity index (χ4n) is 3.53. The van der Waals surface area contributed by atoms with Gasteiger partial charge >= 0.3 is 0 Å². The van der Waals surface area contributed by atoms with Gasteiger partial charge in [-0.05, 0) is 31.4 Å². The first-order valence-corrected chi connectivity index (χ1v) is 11.0. The molecule has 1 atom stereocenters. The number of fused-ring (bicyclic) bond motifs is 1. The van der Waals surface area contributed by atoms with Gasteiger partial charge in [-0.3, -0.25) is 5.10 Å². The van der Waals surface area contributed by atoms with Crippen LogP contribution in [-0.2, 0) is 9.84 Å². The number of sulfone groups is 1. The van der Waals surface area contributed by atoms with E-state index < -0.39 is 9.84 Å². The van der Waals surface area contributed by atoms with Gasteiger partial charge in [0.25, 0.3) is 0 Å². The molecule has 3 aromatic rings. The highest BCUT2D eigenvalue weighted by atomic mass is 32.2. The van der Waals surface area contributed by atoms with Crippen molar-refractivity contribution in [2.45, 2.75) is 30.4 Å². The fraction of sp³-hybridized carbons (Fsp3) is 0.471. The molecule has 2 fully saturated rings. The smallest absolute Gasteiger partial charge is 0.245 e. The summed E-state index contributed by atoms with van der Waals surface area (Å²) in [6.45, 7) is 1.04. The molecule has 9 nitrogen and oxygen atoms in total. The number of hydrogen-bond acceptors (Lipinski definition) is 7. The molecule has 2 aliphatic rings. The van der Waals surface area contributed by atoms with Gasteiger partial charge in [0.2, 0.25) is 5.95 Å². The molecule has 10 heteroatoms. The summed E-state index contributed by atoms with van der Waals surface area (Å²) in [5, 5.41) is 14.9. The summed E-state index contributed by atoms with van der Waals surface area (Å²) in [5.74, 6) is 2.49. The van der Waals surface area contributed by atoms with Gasteiger partial charge in [-0.15, -0.1) is 5.10 Å². The van der Waals surface area contributed by atoms with Crippen LogP contribution in [0.15, 0.2) is 24.4 Å². The molecule has 1 saturated heterocycles. The van der Waals surface area contributed by atoms with Crippen LogP contribution < -0.4 is 10.2 Å². The lowest BCUT2D eigenvalue weighted by Crippen LogP contribution is -2.28. The highest BCUT2D eigenvalue weighted by Gasteiger charge is 2.32. The molecule has 0 spiro atoms. The first-order valence-electron chi connectivity index (χ1n) is 9.09. The third-order valence-electron chi connectivity index (χ3n) is 5.27. The van der Waals surface area contributed by atoms with Crippen molar-refractivity contribution in [2.75, 3.05) is 29.6 Å². The van der Waals surface area contributed by atoms with Crippen LogP contribution in [0.1, 0.15) is 30.9 Å².